The van der Waals surface area contributed by atoms with Gasteiger partial charge in [0.2, 0.25) is 0 Å². The van der Waals surface area contributed by atoms with Gasteiger partial charge >= 0.3 is 0 Å². The standard InChI is InChI=1S/C13H21F2N3O/c1-9(10-3-4-10)18-12(13(14)15)11(8-17-18)7-16-5-6-19-2/h8-10,13,16H,3-7H2,1-2H3. The monoisotopic (exact) mass is 273 g/mol. The molecular weight excluding hydrogens is 252 g/mol. The Morgan fingerprint density at radius 3 is 2.84 bits per heavy atom. The van der Waals surface area contributed by atoms with Crippen LogP contribution in [-0.4, -0.2) is 30.0 Å². The van der Waals surface area contributed by atoms with Gasteiger partial charge in [0, 0.05) is 25.8 Å². The van der Waals surface area contributed by atoms with Gasteiger partial charge in [0.15, 0.2) is 0 Å². The number of hydrogen-bond donors (Lipinski definition) is 1. The zero-order valence-corrected chi connectivity index (χ0v) is 11.4. The Balaban J connectivity index is 2.05. The number of rotatable bonds is 8. The van der Waals surface area contributed by atoms with Crippen LogP contribution in [0.4, 0.5) is 8.78 Å². The predicted octanol–water partition coefficient (Wildman–Crippen LogP) is 2.53. The summed E-state index contributed by atoms with van der Waals surface area (Å²) in [6.45, 7) is 3.58. The largest absolute Gasteiger partial charge is 0.383 e. The van der Waals surface area contributed by atoms with Crippen molar-refractivity contribution < 1.29 is 13.5 Å². The zero-order valence-electron chi connectivity index (χ0n) is 11.4. The molecule has 1 aromatic heterocycles. The van der Waals surface area contributed by atoms with Gasteiger partial charge in [0.25, 0.3) is 6.43 Å². The van der Waals surface area contributed by atoms with E-state index in [1.807, 2.05) is 6.92 Å². The van der Waals surface area contributed by atoms with E-state index < -0.39 is 6.43 Å². The third-order valence-corrected chi connectivity index (χ3v) is 3.61. The van der Waals surface area contributed by atoms with Crippen LogP contribution in [0.2, 0.25) is 0 Å². The van der Waals surface area contributed by atoms with Gasteiger partial charge in [-0.25, -0.2) is 8.78 Å². The number of hydrogen-bond acceptors (Lipinski definition) is 3. The van der Waals surface area contributed by atoms with Gasteiger partial charge in [-0.3, -0.25) is 4.68 Å². The van der Waals surface area contributed by atoms with Gasteiger partial charge in [-0.05, 0) is 25.7 Å². The molecule has 6 heteroatoms. The topological polar surface area (TPSA) is 39.1 Å². The Morgan fingerprint density at radius 1 is 1.53 bits per heavy atom. The molecule has 4 nitrogen and oxygen atoms in total. The van der Waals surface area contributed by atoms with Crippen LogP contribution in [0.15, 0.2) is 6.20 Å². The SMILES string of the molecule is COCCNCc1cnn(C(C)C2CC2)c1C(F)F. The van der Waals surface area contributed by atoms with Crippen molar-refractivity contribution in [2.45, 2.75) is 38.8 Å². The molecule has 1 N–H and O–H groups in total. The molecule has 0 spiro atoms. The van der Waals surface area contributed by atoms with E-state index in [4.69, 9.17) is 4.74 Å². The van der Waals surface area contributed by atoms with Crippen molar-refractivity contribution in [1.82, 2.24) is 15.1 Å². The number of nitrogens with zero attached hydrogens (tertiary/aromatic N) is 2. The minimum atomic E-state index is -2.48. The quantitative estimate of drug-likeness (QED) is 0.740. The van der Waals surface area contributed by atoms with Crippen molar-refractivity contribution in [3.05, 3.63) is 17.5 Å². The van der Waals surface area contributed by atoms with Gasteiger partial charge < -0.3 is 10.1 Å². The summed E-state index contributed by atoms with van der Waals surface area (Å²) in [5.41, 5.74) is 0.642. The summed E-state index contributed by atoms with van der Waals surface area (Å²) in [7, 11) is 1.61. The molecule has 108 valence electrons. The molecule has 1 saturated carbocycles. The molecule has 1 heterocycles. The first-order valence-electron chi connectivity index (χ1n) is 6.69. The number of ether oxygens (including phenoxy) is 1. The lowest BCUT2D eigenvalue weighted by Crippen LogP contribution is -2.20. The van der Waals surface area contributed by atoms with Crippen LogP contribution in [0.1, 0.15) is 43.5 Å². The second-order valence-electron chi connectivity index (χ2n) is 5.05. The van der Waals surface area contributed by atoms with Gasteiger partial charge in [-0.2, -0.15) is 5.10 Å². The van der Waals surface area contributed by atoms with Crippen LogP contribution in [0.3, 0.4) is 0 Å². The molecule has 1 fully saturated rings. The number of alkyl halides is 2. The lowest BCUT2D eigenvalue weighted by atomic mass is 10.2. The molecule has 2 rings (SSSR count). The number of halogens is 2. The summed E-state index contributed by atoms with van der Waals surface area (Å²) in [5.74, 6) is 0.506. The molecule has 0 aromatic carbocycles. The summed E-state index contributed by atoms with van der Waals surface area (Å²) in [6, 6.07) is 0.0664. The predicted molar refractivity (Wildman–Crippen MR) is 68.2 cm³/mol. The van der Waals surface area contributed by atoms with E-state index in [1.54, 1.807) is 13.3 Å². The summed E-state index contributed by atoms with van der Waals surface area (Å²) in [5, 5.41) is 7.25. The summed E-state index contributed by atoms with van der Waals surface area (Å²) >= 11 is 0. The summed E-state index contributed by atoms with van der Waals surface area (Å²) < 4.78 is 32.9. The van der Waals surface area contributed by atoms with Crippen LogP contribution < -0.4 is 5.32 Å². The zero-order chi connectivity index (χ0) is 13.8. The second-order valence-corrected chi connectivity index (χ2v) is 5.05. The highest BCUT2D eigenvalue weighted by Gasteiger charge is 2.33. The fourth-order valence-electron chi connectivity index (χ4n) is 2.28. The van der Waals surface area contributed by atoms with E-state index >= 15 is 0 Å². The molecule has 19 heavy (non-hydrogen) atoms. The Kier molecular flexibility index (Phi) is 4.87. The Hall–Kier alpha value is -1.01. The first kappa shape index (κ1) is 14.4. The minimum absolute atomic E-state index is 0.0596. The third-order valence-electron chi connectivity index (χ3n) is 3.61. The first-order valence-corrected chi connectivity index (χ1v) is 6.69. The fourth-order valence-corrected chi connectivity index (χ4v) is 2.28. The van der Waals surface area contributed by atoms with Gasteiger partial charge in [-0.1, -0.05) is 0 Å². The average molecular weight is 273 g/mol. The van der Waals surface area contributed by atoms with E-state index in [2.05, 4.69) is 10.4 Å². The van der Waals surface area contributed by atoms with E-state index in [0.29, 0.717) is 31.2 Å². The van der Waals surface area contributed by atoms with Crippen molar-refractivity contribution in [2.75, 3.05) is 20.3 Å². The molecule has 1 atom stereocenters. The molecule has 1 aliphatic carbocycles. The van der Waals surface area contributed by atoms with Crippen molar-refractivity contribution in [2.24, 2.45) is 5.92 Å². The normalized spacial score (nSPS) is 17.1. The number of methoxy groups -OCH3 is 1. The molecule has 0 bridgehead atoms. The van der Waals surface area contributed by atoms with Crippen LogP contribution in [0.5, 0.6) is 0 Å². The Morgan fingerprint density at radius 2 is 2.26 bits per heavy atom. The maximum Gasteiger partial charge on any atom is 0.280 e. The van der Waals surface area contributed by atoms with Crippen molar-refractivity contribution in [3.63, 3.8) is 0 Å². The average Bonchev–Trinajstić information content (AvgIpc) is 3.14. The van der Waals surface area contributed by atoms with Crippen LogP contribution in [0, 0.1) is 5.92 Å². The highest BCUT2D eigenvalue weighted by Crippen LogP contribution is 2.41. The maximum absolute atomic E-state index is 13.2. The van der Waals surface area contributed by atoms with E-state index in [0.717, 1.165) is 12.8 Å². The first-order chi connectivity index (χ1) is 9.15. The van der Waals surface area contributed by atoms with Gasteiger partial charge in [-0.15, -0.1) is 0 Å². The van der Waals surface area contributed by atoms with Crippen LogP contribution in [-0.2, 0) is 11.3 Å². The molecule has 1 aromatic rings. The fraction of sp³-hybridized carbons (Fsp3) is 0.769. The number of nitrogens with one attached hydrogen (secondary N) is 1. The molecule has 1 aliphatic rings. The Bertz CT molecular complexity index is 405. The van der Waals surface area contributed by atoms with Crippen LogP contribution in [0.25, 0.3) is 0 Å². The lowest BCUT2D eigenvalue weighted by molar-refractivity contribution is 0.133. The summed E-state index contributed by atoms with van der Waals surface area (Å²) in [4.78, 5) is 0. The minimum Gasteiger partial charge on any atom is -0.383 e. The lowest BCUT2D eigenvalue weighted by Gasteiger charge is -2.15. The third kappa shape index (κ3) is 3.51. The van der Waals surface area contributed by atoms with E-state index in [-0.39, 0.29) is 11.7 Å². The Labute approximate surface area is 112 Å². The molecule has 0 saturated heterocycles. The number of aromatic nitrogens is 2. The van der Waals surface area contributed by atoms with Gasteiger partial charge in [0.1, 0.15) is 5.69 Å². The molecule has 0 radical (unpaired) electrons. The van der Waals surface area contributed by atoms with Crippen molar-refractivity contribution >= 4 is 0 Å². The van der Waals surface area contributed by atoms with Crippen molar-refractivity contribution in [3.8, 4) is 0 Å². The van der Waals surface area contributed by atoms with E-state index in [1.165, 1.54) is 4.68 Å². The molecular formula is C13H21F2N3O. The molecule has 0 amide bonds. The highest BCUT2D eigenvalue weighted by atomic mass is 19.3. The maximum atomic E-state index is 13.2. The summed E-state index contributed by atoms with van der Waals surface area (Å²) in [6.07, 6.45) is 1.30. The highest BCUT2D eigenvalue weighted by molar-refractivity contribution is 5.20. The van der Waals surface area contributed by atoms with E-state index in [9.17, 15) is 8.78 Å². The van der Waals surface area contributed by atoms with Crippen LogP contribution >= 0.6 is 0 Å². The second kappa shape index (κ2) is 6.43. The van der Waals surface area contributed by atoms with Crippen molar-refractivity contribution in [1.29, 1.82) is 0 Å². The van der Waals surface area contributed by atoms with Gasteiger partial charge in [0.05, 0.1) is 18.8 Å². The molecule has 1 unspecified atom stereocenters. The molecule has 0 aliphatic heterocycles. The smallest absolute Gasteiger partial charge is 0.280 e.